The maximum Gasteiger partial charge on any atom is 0.233 e. The van der Waals surface area contributed by atoms with E-state index in [1.54, 1.807) is 18.4 Å². The molecule has 0 aliphatic carbocycles. The fraction of sp³-hybridized carbons (Fsp3) is 0.333. The van der Waals surface area contributed by atoms with Crippen molar-refractivity contribution in [3.8, 4) is 5.88 Å². The highest BCUT2D eigenvalue weighted by Gasteiger charge is 2.16. The van der Waals surface area contributed by atoms with Crippen LogP contribution in [0.4, 0.5) is 0 Å². The summed E-state index contributed by atoms with van der Waals surface area (Å²) in [6.07, 6.45) is 0. The minimum atomic E-state index is 0.0830. The van der Waals surface area contributed by atoms with Gasteiger partial charge < -0.3 is 10.1 Å². The predicted octanol–water partition coefficient (Wildman–Crippen LogP) is 2.16. The summed E-state index contributed by atoms with van der Waals surface area (Å²) in [5.74, 6) is 0.533. The van der Waals surface area contributed by atoms with E-state index in [4.69, 9.17) is 4.74 Å². The molecule has 0 fully saturated rings. The minimum Gasteiger partial charge on any atom is -0.480 e. The third-order valence-corrected chi connectivity index (χ3v) is 3.53. The van der Waals surface area contributed by atoms with Crippen molar-refractivity contribution in [3.05, 3.63) is 39.7 Å². The Morgan fingerprint density at radius 3 is 2.59 bits per heavy atom. The summed E-state index contributed by atoms with van der Waals surface area (Å²) in [6.45, 7) is 2.11. The number of hydrogen-bond donors (Lipinski definition) is 1. The van der Waals surface area contributed by atoms with Gasteiger partial charge in [0.2, 0.25) is 5.88 Å². The predicted molar refractivity (Wildman–Crippen MR) is 68.5 cm³/mol. The Labute approximate surface area is 105 Å². The molecule has 4 nitrogen and oxygen atoms in total. The van der Waals surface area contributed by atoms with Crippen LogP contribution in [0.1, 0.15) is 22.2 Å². The van der Waals surface area contributed by atoms with Gasteiger partial charge in [-0.15, -0.1) is 21.5 Å². The van der Waals surface area contributed by atoms with Crippen LogP contribution in [0.3, 0.4) is 0 Å². The van der Waals surface area contributed by atoms with Gasteiger partial charge in [-0.1, -0.05) is 0 Å². The summed E-state index contributed by atoms with van der Waals surface area (Å²) >= 11 is 1.74. The lowest BCUT2D eigenvalue weighted by Gasteiger charge is -2.15. The van der Waals surface area contributed by atoms with Gasteiger partial charge in [-0.2, -0.15) is 0 Å². The molecule has 0 aromatic carbocycles. The molecule has 2 aromatic rings. The van der Waals surface area contributed by atoms with Crippen LogP contribution in [0.2, 0.25) is 0 Å². The molecule has 0 saturated heterocycles. The molecule has 5 heteroatoms. The monoisotopic (exact) mass is 249 g/mol. The molecule has 2 aromatic heterocycles. The van der Waals surface area contributed by atoms with Gasteiger partial charge in [0.25, 0.3) is 0 Å². The molecular formula is C12H15N3OS. The molecule has 0 amide bonds. The number of methoxy groups -OCH3 is 1. The third kappa shape index (κ3) is 2.45. The highest BCUT2D eigenvalue weighted by molar-refractivity contribution is 7.10. The van der Waals surface area contributed by atoms with Crippen molar-refractivity contribution in [2.45, 2.75) is 13.0 Å². The normalized spacial score (nSPS) is 12.4. The topological polar surface area (TPSA) is 47.0 Å². The molecular weight excluding hydrogens is 234 g/mol. The van der Waals surface area contributed by atoms with E-state index in [1.807, 2.05) is 19.2 Å². The van der Waals surface area contributed by atoms with E-state index in [2.05, 4.69) is 33.9 Å². The molecule has 0 bridgehead atoms. The van der Waals surface area contributed by atoms with Crippen LogP contribution < -0.4 is 10.1 Å². The van der Waals surface area contributed by atoms with Crippen molar-refractivity contribution in [1.29, 1.82) is 0 Å². The number of nitrogens with one attached hydrogen (secondary N) is 1. The van der Waals surface area contributed by atoms with Crippen LogP contribution in [0.25, 0.3) is 0 Å². The first-order valence-corrected chi connectivity index (χ1v) is 6.23. The van der Waals surface area contributed by atoms with Crippen molar-refractivity contribution in [3.63, 3.8) is 0 Å². The zero-order chi connectivity index (χ0) is 12.3. The van der Waals surface area contributed by atoms with Crippen molar-refractivity contribution in [1.82, 2.24) is 15.5 Å². The molecule has 0 saturated carbocycles. The Bertz CT molecular complexity index is 481. The van der Waals surface area contributed by atoms with Gasteiger partial charge in [0, 0.05) is 10.9 Å². The fourth-order valence-corrected chi connectivity index (χ4v) is 2.49. The van der Waals surface area contributed by atoms with E-state index in [0.29, 0.717) is 5.88 Å². The van der Waals surface area contributed by atoms with Gasteiger partial charge in [-0.25, -0.2) is 0 Å². The number of ether oxygens (including phenoxy) is 1. The van der Waals surface area contributed by atoms with Gasteiger partial charge in [0.05, 0.1) is 18.8 Å². The molecule has 1 N–H and O–H groups in total. The summed E-state index contributed by atoms with van der Waals surface area (Å²) in [5, 5.41) is 13.5. The van der Waals surface area contributed by atoms with Gasteiger partial charge in [-0.05, 0) is 37.0 Å². The Morgan fingerprint density at radius 1 is 1.29 bits per heavy atom. The summed E-state index contributed by atoms with van der Waals surface area (Å²) in [5.41, 5.74) is 2.15. The van der Waals surface area contributed by atoms with Crippen molar-refractivity contribution >= 4 is 11.3 Å². The van der Waals surface area contributed by atoms with Gasteiger partial charge >= 0.3 is 0 Å². The standard InChI is InChI=1S/C12H15N3OS/c1-8-9(6-7-17-8)12(13-2)10-4-5-11(16-3)15-14-10/h4-7,12-13H,1-3H3. The number of aryl methyl sites for hydroxylation is 1. The van der Waals surface area contributed by atoms with Crippen LogP contribution in [0.15, 0.2) is 23.6 Å². The van der Waals surface area contributed by atoms with Gasteiger partial charge in [-0.3, -0.25) is 0 Å². The number of rotatable bonds is 4. The first-order chi connectivity index (χ1) is 8.26. The highest BCUT2D eigenvalue weighted by Crippen LogP contribution is 2.26. The molecule has 17 heavy (non-hydrogen) atoms. The van der Waals surface area contributed by atoms with E-state index < -0.39 is 0 Å². The lowest BCUT2D eigenvalue weighted by molar-refractivity contribution is 0.390. The average Bonchev–Trinajstić information content (AvgIpc) is 2.78. The summed E-state index contributed by atoms with van der Waals surface area (Å²) < 4.78 is 5.01. The Hall–Kier alpha value is -1.46. The van der Waals surface area contributed by atoms with E-state index >= 15 is 0 Å². The maximum absolute atomic E-state index is 5.01. The number of nitrogens with zero attached hydrogens (tertiary/aromatic N) is 2. The van der Waals surface area contributed by atoms with Crippen LogP contribution in [0, 0.1) is 6.92 Å². The molecule has 0 spiro atoms. The molecule has 1 unspecified atom stereocenters. The summed E-state index contributed by atoms with van der Waals surface area (Å²) in [7, 11) is 3.51. The second kappa shape index (κ2) is 5.25. The quantitative estimate of drug-likeness (QED) is 0.902. The Kier molecular flexibility index (Phi) is 3.71. The molecule has 1 atom stereocenters. The van der Waals surface area contributed by atoms with Gasteiger partial charge in [0.15, 0.2) is 0 Å². The number of thiophene rings is 1. The minimum absolute atomic E-state index is 0.0830. The smallest absolute Gasteiger partial charge is 0.233 e. The average molecular weight is 249 g/mol. The highest BCUT2D eigenvalue weighted by atomic mass is 32.1. The van der Waals surface area contributed by atoms with Crippen molar-refractivity contribution in [2.24, 2.45) is 0 Å². The number of hydrogen-bond acceptors (Lipinski definition) is 5. The van der Waals surface area contributed by atoms with Crippen LogP contribution in [0.5, 0.6) is 5.88 Å². The van der Waals surface area contributed by atoms with E-state index in [-0.39, 0.29) is 6.04 Å². The van der Waals surface area contributed by atoms with E-state index in [9.17, 15) is 0 Å². The number of aromatic nitrogens is 2. The molecule has 0 aliphatic rings. The zero-order valence-corrected chi connectivity index (χ0v) is 10.9. The lowest BCUT2D eigenvalue weighted by atomic mass is 10.1. The largest absolute Gasteiger partial charge is 0.480 e. The third-order valence-electron chi connectivity index (χ3n) is 2.66. The molecule has 0 aliphatic heterocycles. The SMILES string of the molecule is CNC(c1ccc(OC)nn1)c1ccsc1C. The van der Waals surface area contributed by atoms with Crippen LogP contribution in [-0.4, -0.2) is 24.4 Å². The molecule has 2 rings (SSSR count). The summed E-state index contributed by atoms with van der Waals surface area (Å²) in [6, 6.07) is 5.96. The second-order valence-electron chi connectivity index (χ2n) is 3.65. The summed E-state index contributed by atoms with van der Waals surface area (Å²) in [4.78, 5) is 1.29. The lowest BCUT2D eigenvalue weighted by Crippen LogP contribution is -2.19. The Morgan fingerprint density at radius 2 is 2.12 bits per heavy atom. The second-order valence-corrected chi connectivity index (χ2v) is 4.77. The Balaban J connectivity index is 2.32. The van der Waals surface area contributed by atoms with Crippen molar-refractivity contribution < 1.29 is 4.74 Å². The van der Waals surface area contributed by atoms with Crippen LogP contribution >= 0.6 is 11.3 Å². The van der Waals surface area contributed by atoms with Crippen LogP contribution in [-0.2, 0) is 0 Å². The molecule has 2 heterocycles. The van der Waals surface area contributed by atoms with E-state index in [0.717, 1.165) is 5.69 Å². The zero-order valence-electron chi connectivity index (χ0n) is 10.1. The first kappa shape index (κ1) is 12.0. The first-order valence-electron chi connectivity index (χ1n) is 5.35. The fourth-order valence-electron chi connectivity index (χ4n) is 1.75. The molecule has 90 valence electrons. The maximum atomic E-state index is 5.01. The van der Waals surface area contributed by atoms with Crippen molar-refractivity contribution in [2.75, 3.05) is 14.2 Å². The van der Waals surface area contributed by atoms with E-state index in [1.165, 1.54) is 10.4 Å². The molecule has 0 radical (unpaired) electrons. The van der Waals surface area contributed by atoms with Gasteiger partial charge in [0.1, 0.15) is 0 Å².